The maximum atomic E-state index is 14.5. The zero-order valence-electron chi connectivity index (χ0n) is 23.8. The summed E-state index contributed by atoms with van der Waals surface area (Å²) in [5.41, 5.74) is 3.55. The van der Waals surface area contributed by atoms with Gasteiger partial charge in [-0.15, -0.1) is 0 Å². The van der Waals surface area contributed by atoms with E-state index in [1.165, 1.54) is 12.1 Å². The molecule has 0 radical (unpaired) electrons. The van der Waals surface area contributed by atoms with Gasteiger partial charge in [-0.2, -0.15) is 0 Å². The van der Waals surface area contributed by atoms with Gasteiger partial charge in [-0.3, -0.25) is 4.79 Å². The summed E-state index contributed by atoms with van der Waals surface area (Å²) in [7, 11) is -1.94. The number of fused-ring (bicyclic) bond motifs is 1. The number of anilines is 1. The number of benzene rings is 3. The van der Waals surface area contributed by atoms with Gasteiger partial charge in [-0.1, -0.05) is 31.2 Å². The Morgan fingerprint density at radius 1 is 1.14 bits per heavy atom. The highest BCUT2D eigenvalue weighted by molar-refractivity contribution is 7.89. The average molecular weight is 593 g/mol. The molecule has 1 heterocycles. The highest BCUT2D eigenvalue weighted by Gasteiger charge is 2.29. The Morgan fingerprint density at radius 2 is 1.95 bits per heavy atom. The zero-order valence-corrected chi connectivity index (χ0v) is 24.7. The van der Waals surface area contributed by atoms with Crippen LogP contribution in [0.15, 0.2) is 78.0 Å². The second-order valence-electron chi connectivity index (χ2n) is 11.0. The van der Waals surface area contributed by atoms with E-state index in [-0.39, 0.29) is 29.3 Å². The summed E-state index contributed by atoms with van der Waals surface area (Å²) in [5.74, 6) is -1.48. The van der Waals surface area contributed by atoms with Crippen LogP contribution in [0, 0.1) is 18.6 Å². The molecule has 0 spiro atoms. The first-order valence-corrected chi connectivity index (χ1v) is 15.4. The van der Waals surface area contributed by atoms with Crippen LogP contribution in [0.5, 0.6) is 0 Å². The van der Waals surface area contributed by atoms with Crippen LogP contribution in [0.2, 0.25) is 0 Å². The lowest BCUT2D eigenvalue weighted by Crippen LogP contribution is -2.34. The highest BCUT2D eigenvalue weighted by Crippen LogP contribution is 2.35. The fourth-order valence-corrected chi connectivity index (χ4v) is 6.87. The van der Waals surface area contributed by atoms with Crippen molar-refractivity contribution in [3.8, 4) is 0 Å². The number of nitrogens with zero attached hydrogens (tertiary/aromatic N) is 3. The van der Waals surface area contributed by atoms with E-state index >= 15 is 0 Å². The van der Waals surface area contributed by atoms with E-state index in [9.17, 15) is 22.0 Å². The van der Waals surface area contributed by atoms with Crippen molar-refractivity contribution >= 4 is 21.6 Å². The molecule has 1 aromatic heterocycles. The Labute approximate surface area is 245 Å². The number of hydrogen-bond acceptors (Lipinski definition) is 4. The molecule has 10 heteroatoms. The second-order valence-corrected chi connectivity index (χ2v) is 12.7. The van der Waals surface area contributed by atoms with Gasteiger partial charge in [0.1, 0.15) is 17.5 Å². The fourth-order valence-electron chi connectivity index (χ4n) is 5.51. The number of rotatable bonds is 9. The molecule has 220 valence electrons. The molecular weight excluding hydrogens is 558 g/mol. The lowest BCUT2D eigenvalue weighted by Gasteiger charge is -2.30. The van der Waals surface area contributed by atoms with Crippen molar-refractivity contribution in [3.05, 3.63) is 113 Å². The Bertz CT molecular complexity index is 1720. The first-order valence-electron chi connectivity index (χ1n) is 13.9. The highest BCUT2D eigenvalue weighted by atomic mass is 32.2. The SMILES string of the molecule is Cc1cccc(S(=O)(=O)N[C@@H]2CCCc3ccc(N(Cc4nccn4C)C(=O)C[C@@H](C)c4ccc(F)cc4F)cc32)c1. The summed E-state index contributed by atoms with van der Waals surface area (Å²) < 4.78 is 59.3. The Kier molecular flexibility index (Phi) is 8.56. The molecule has 0 aliphatic heterocycles. The molecule has 0 fully saturated rings. The van der Waals surface area contributed by atoms with E-state index in [4.69, 9.17) is 0 Å². The van der Waals surface area contributed by atoms with Crippen molar-refractivity contribution in [2.24, 2.45) is 7.05 Å². The van der Waals surface area contributed by atoms with E-state index in [1.54, 1.807) is 42.4 Å². The summed E-state index contributed by atoms with van der Waals surface area (Å²) in [5, 5.41) is 0. The largest absolute Gasteiger partial charge is 0.337 e. The van der Waals surface area contributed by atoms with Crippen molar-refractivity contribution in [1.29, 1.82) is 0 Å². The number of aromatic nitrogens is 2. The summed E-state index contributed by atoms with van der Waals surface area (Å²) in [6, 6.07) is 15.4. The molecule has 1 amide bonds. The predicted molar refractivity (Wildman–Crippen MR) is 157 cm³/mol. The number of carbonyl (C=O) groups excluding carboxylic acids is 1. The summed E-state index contributed by atoms with van der Waals surface area (Å²) in [6.07, 6.45) is 5.66. The molecule has 1 N–H and O–H groups in total. The average Bonchev–Trinajstić information content (AvgIpc) is 3.35. The monoisotopic (exact) mass is 592 g/mol. The van der Waals surface area contributed by atoms with Gasteiger partial charge in [0.25, 0.3) is 0 Å². The number of aryl methyl sites for hydroxylation is 3. The van der Waals surface area contributed by atoms with Gasteiger partial charge in [0.2, 0.25) is 15.9 Å². The normalized spacial score (nSPS) is 15.7. The molecule has 7 nitrogen and oxygen atoms in total. The van der Waals surface area contributed by atoms with Crippen molar-refractivity contribution in [2.45, 2.75) is 62.9 Å². The number of halogens is 2. The number of carbonyl (C=O) groups is 1. The Morgan fingerprint density at radius 3 is 2.67 bits per heavy atom. The smallest absolute Gasteiger partial charge is 0.241 e. The zero-order chi connectivity index (χ0) is 30.0. The third-order valence-electron chi connectivity index (χ3n) is 7.85. The standard InChI is InChI=1S/C32H34F2N4O3S/c1-21-6-4-8-26(16-21)42(40,41)36-30-9-5-7-23-10-12-25(19-28(23)30)38(20-31-35-14-15-37(31)3)32(39)17-22(2)27-13-11-24(33)18-29(27)34/h4,6,8,10-16,18-19,22,30,36H,5,7,9,17,20H2,1-3H3/t22-,30-/m1/s1. The van der Waals surface area contributed by atoms with E-state index in [0.717, 1.165) is 35.6 Å². The van der Waals surface area contributed by atoms with Gasteiger partial charge in [0.05, 0.1) is 11.4 Å². The molecule has 0 bridgehead atoms. The lowest BCUT2D eigenvalue weighted by molar-refractivity contribution is -0.119. The van der Waals surface area contributed by atoms with E-state index in [0.29, 0.717) is 17.9 Å². The van der Waals surface area contributed by atoms with Gasteiger partial charge < -0.3 is 9.47 Å². The number of sulfonamides is 1. The minimum Gasteiger partial charge on any atom is -0.337 e. The summed E-state index contributed by atoms with van der Waals surface area (Å²) in [4.78, 5) is 20.0. The van der Waals surface area contributed by atoms with Crippen LogP contribution < -0.4 is 9.62 Å². The van der Waals surface area contributed by atoms with Crippen LogP contribution in [-0.4, -0.2) is 23.9 Å². The number of amides is 1. The molecule has 4 aromatic rings. The molecule has 5 rings (SSSR count). The minimum absolute atomic E-state index is 0.0204. The van der Waals surface area contributed by atoms with Crippen molar-refractivity contribution < 1.29 is 22.0 Å². The topological polar surface area (TPSA) is 84.3 Å². The Hall–Kier alpha value is -3.89. The van der Waals surface area contributed by atoms with Gasteiger partial charge in [0.15, 0.2) is 0 Å². The maximum absolute atomic E-state index is 14.5. The number of hydrogen-bond donors (Lipinski definition) is 1. The fraction of sp³-hybridized carbons (Fsp3) is 0.312. The first kappa shape index (κ1) is 29.6. The molecule has 0 unspecified atom stereocenters. The quantitative estimate of drug-likeness (QED) is 0.255. The predicted octanol–water partition coefficient (Wildman–Crippen LogP) is 6.09. The van der Waals surface area contributed by atoms with Crippen LogP contribution in [0.25, 0.3) is 0 Å². The van der Waals surface area contributed by atoms with Crippen LogP contribution in [-0.2, 0) is 34.8 Å². The van der Waals surface area contributed by atoms with Crippen molar-refractivity contribution in [1.82, 2.24) is 14.3 Å². The molecule has 2 atom stereocenters. The van der Waals surface area contributed by atoms with Crippen molar-refractivity contribution in [3.63, 3.8) is 0 Å². The van der Waals surface area contributed by atoms with E-state index in [2.05, 4.69) is 9.71 Å². The minimum atomic E-state index is -3.78. The van der Waals surface area contributed by atoms with Crippen LogP contribution >= 0.6 is 0 Å². The van der Waals surface area contributed by atoms with Crippen LogP contribution in [0.3, 0.4) is 0 Å². The molecular formula is C32H34F2N4O3S. The molecule has 1 aliphatic rings. The van der Waals surface area contributed by atoms with E-state index < -0.39 is 33.6 Å². The first-order chi connectivity index (χ1) is 20.0. The summed E-state index contributed by atoms with van der Waals surface area (Å²) >= 11 is 0. The maximum Gasteiger partial charge on any atom is 0.241 e. The second kappa shape index (κ2) is 12.1. The molecule has 1 aliphatic carbocycles. The Balaban J connectivity index is 1.47. The molecule has 3 aromatic carbocycles. The van der Waals surface area contributed by atoms with Crippen LogP contribution in [0.1, 0.15) is 66.2 Å². The molecule has 0 saturated heterocycles. The van der Waals surface area contributed by atoms with Gasteiger partial charge in [-0.25, -0.2) is 26.9 Å². The molecule has 0 saturated carbocycles. The summed E-state index contributed by atoms with van der Waals surface area (Å²) in [6.45, 7) is 3.75. The number of imidazole rings is 1. The van der Waals surface area contributed by atoms with Gasteiger partial charge in [-0.05, 0) is 84.7 Å². The van der Waals surface area contributed by atoms with Crippen LogP contribution in [0.4, 0.5) is 14.5 Å². The van der Waals surface area contributed by atoms with Gasteiger partial charge in [0, 0.05) is 43.7 Å². The third kappa shape index (κ3) is 6.44. The van der Waals surface area contributed by atoms with Crippen molar-refractivity contribution in [2.75, 3.05) is 4.90 Å². The molecule has 42 heavy (non-hydrogen) atoms. The third-order valence-corrected chi connectivity index (χ3v) is 9.32. The number of nitrogens with one attached hydrogen (secondary N) is 1. The van der Waals surface area contributed by atoms with Gasteiger partial charge >= 0.3 is 0 Å². The lowest BCUT2D eigenvalue weighted by atomic mass is 9.87. The van der Waals surface area contributed by atoms with E-state index in [1.807, 2.05) is 42.8 Å².